The minimum absolute atomic E-state index is 0.0823. The molecule has 0 bridgehead atoms. The van der Waals surface area contributed by atoms with Gasteiger partial charge >= 0.3 is 17.9 Å². The van der Waals surface area contributed by atoms with Crippen LogP contribution < -0.4 is 0 Å². The summed E-state index contributed by atoms with van der Waals surface area (Å²) in [5, 5.41) is 0. The van der Waals surface area contributed by atoms with E-state index >= 15 is 0 Å². The molecule has 6 nitrogen and oxygen atoms in total. The summed E-state index contributed by atoms with van der Waals surface area (Å²) in [5.74, 6) is -0.902. The van der Waals surface area contributed by atoms with Crippen molar-refractivity contribution in [3.8, 4) is 0 Å². The third-order valence-electron chi connectivity index (χ3n) is 12.8. The van der Waals surface area contributed by atoms with E-state index in [9.17, 15) is 14.4 Å². The average molecular weight is 1010 g/mol. The van der Waals surface area contributed by atoms with Crippen LogP contribution in [0.15, 0.2) is 109 Å². The van der Waals surface area contributed by atoms with Gasteiger partial charge in [0, 0.05) is 19.3 Å². The van der Waals surface area contributed by atoms with Crippen molar-refractivity contribution in [3.63, 3.8) is 0 Å². The summed E-state index contributed by atoms with van der Waals surface area (Å²) in [7, 11) is 0. The molecule has 0 heterocycles. The van der Waals surface area contributed by atoms with Crippen LogP contribution in [0.25, 0.3) is 0 Å². The number of esters is 3. The molecule has 0 spiro atoms. The Labute approximate surface area is 450 Å². The number of carbonyl (C=O) groups is 3. The number of carbonyl (C=O) groups excluding carboxylic acids is 3. The first-order valence-electron chi connectivity index (χ1n) is 30.4. The topological polar surface area (TPSA) is 78.9 Å². The molecule has 0 rings (SSSR count). The highest BCUT2D eigenvalue weighted by Gasteiger charge is 2.19. The molecule has 0 saturated carbocycles. The summed E-state index contributed by atoms with van der Waals surface area (Å²) >= 11 is 0. The van der Waals surface area contributed by atoms with Gasteiger partial charge in [-0.25, -0.2) is 0 Å². The van der Waals surface area contributed by atoms with Crippen molar-refractivity contribution in [2.75, 3.05) is 13.2 Å². The quantitative estimate of drug-likeness (QED) is 0.0261. The third kappa shape index (κ3) is 58.8. The average Bonchev–Trinajstić information content (AvgIpc) is 3.39. The number of allylic oxidation sites excluding steroid dienone is 18. The summed E-state index contributed by atoms with van der Waals surface area (Å²) in [5.41, 5.74) is 0. The van der Waals surface area contributed by atoms with Crippen LogP contribution in [0.4, 0.5) is 0 Å². The second-order valence-corrected chi connectivity index (χ2v) is 19.9. The first kappa shape index (κ1) is 69.1. The van der Waals surface area contributed by atoms with E-state index in [0.717, 1.165) is 128 Å². The predicted octanol–water partition coefficient (Wildman–Crippen LogP) is 20.7. The van der Waals surface area contributed by atoms with Crippen LogP contribution in [0, 0.1) is 0 Å². The van der Waals surface area contributed by atoms with Gasteiger partial charge in [0.2, 0.25) is 0 Å². The van der Waals surface area contributed by atoms with Crippen molar-refractivity contribution in [2.45, 2.75) is 284 Å². The summed E-state index contributed by atoms with van der Waals surface area (Å²) in [6.07, 6.45) is 82.5. The number of unbranched alkanes of at least 4 members (excludes halogenated alkanes) is 25. The molecule has 0 radical (unpaired) electrons. The molecule has 1 atom stereocenters. The zero-order valence-electron chi connectivity index (χ0n) is 47.6. The van der Waals surface area contributed by atoms with Crippen LogP contribution >= 0.6 is 0 Å². The highest BCUT2D eigenvalue weighted by atomic mass is 16.6. The predicted molar refractivity (Wildman–Crippen MR) is 316 cm³/mol. The van der Waals surface area contributed by atoms with Crippen molar-refractivity contribution in [2.24, 2.45) is 0 Å². The van der Waals surface area contributed by atoms with Crippen molar-refractivity contribution >= 4 is 17.9 Å². The fourth-order valence-corrected chi connectivity index (χ4v) is 8.22. The lowest BCUT2D eigenvalue weighted by Crippen LogP contribution is -2.30. The van der Waals surface area contributed by atoms with Gasteiger partial charge in [0.25, 0.3) is 0 Å². The Bertz CT molecular complexity index is 1490. The zero-order chi connectivity index (χ0) is 52.9. The molecular formula is C67H112O6. The minimum Gasteiger partial charge on any atom is -0.462 e. The Kier molecular flexibility index (Phi) is 57.4. The summed E-state index contributed by atoms with van der Waals surface area (Å²) in [4.78, 5) is 38.0. The van der Waals surface area contributed by atoms with Crippen LogP contribution in [-0.2, 0) is 28.6 Å². The molecule has 6 heteroatoms. The van der Waals surface area contributed by atoms with Gasteiger partial charge in [0.15, 0.2) is 6.10 Å². The maximum atomic E-state index is 12.8. The van der Waals surface area contributed by atoms with E-state index in [1.807, 2.05) is 0 Å². The molecule has 0 aliphatic carbocycles. The second-order valence-electron chi connectivity index (χ2n) is 19.9. The maximum Gasteiger partial charge on any atom is 0.306 e. The molecule has 73 heavy (non-hydrogen) atoms. The van der Waals surface area contributed by atoms with Gasteiger partial charge < -0.3 is 14.2 Å². The van der Waals surface area contributed by atoms with E-state index in [1.165, 1.54) is 109 Å². The van der Waals surface area contributed by atoms with Crippen molar-refractivity contribution in [1.82, 2.24) is 0 Å². The van der Waals surface area contributed by atoms with E-state index < -0.39 is 6.10 Å². The largest absolute Gasteiger partial charge is 0.462 e. The molecule has 0 aromatic carbocycles. The molecule has 0 aliphatic heterocycles. The molecule has 0 aromatic heterocycles. The van der Waals surface area contributed by atoms with Gasteiger partial charge in [-0.1, -0.05) is 259 Å². The van der Waals surface area contributed by atoms with Crippen LogP contribution in [-0.4, -0.2) is 37.2 Å². The molecule has 0 aliphatic rings. The smallest absolute Gasteiger partial charge is 0.306 e. The summed E-state index contributed by atoms with van der Waals surface area (Å²) in [6.45, 7) is 6.48. The molecule has 1 unspecified atom stereocenters. The Morgan fingerprint density at radius 2 is 0.534 bits per heavy atom. The maximum absolute atomic E-state index is 12.8. The molecule has 0 aromatic rings. The zero-order valence-corrected chi connectivity index (χ0v) is 47.6. The molecule has 416 valence electrons. The van der Waals surface area contributed by atoms with Crippen molar-refractivity contribution in [3.05, 3.63) is 109 Å². The Morgan fingerprint density at radius 1 is 0.288 bits per heavy atom. The summed E-state index contributed by atoms with van der Waals surface area (Å²) < 4.78 is 16.8. The lowest BCUT2D eigenvalue weighted by molar-refractivity contribution is -0.167. The first-order chi connectivity index (χ1) is 36.0. The molecule has 0 amide bonds. The van der Waals surface area contributed by atoms with Crippen LogP contribution in [0.2, 0.25) is 0 Å². The van der Waals surface area contributed by atoms with E-state index in [0.29, 0.717) is 19.3 Å². The Morgan fingerprint density at radius 3 is 0.849 bits per heavy atom. The van der Waals surface area contributed by atoms with Gasteiger partial charge in [-0.3, -0.25) is 14.4 Å². The number of hydrogen-bond donors (Lipinski definition) is 0. The van der Waals surface area contributed by atoms with Gasteiger partial charge in [-0.15, -0.1) is 0 Å². The van der Waals surface area contributed by atoms with E-state index in [4.69, 9.17) is 14.2 Å². The van der Waals surface area contributed by atoms with Crippen LogP contribution in [0.5, 0.6) is 0 Å². The van der Waals surface area contributed by atoms with E-state index in [1.54, 1.807) is 0 Å². The molecule has 0 fully saturated rings. The number of hydrogen-bond acceptors (Lipinski definition) is 6. The Hall–Kier alpha value is -3.93. The fourth-order valence-electron chi connectivity index (χ4n) is 8.22. The SMILES string of the molecule is CC/C=C\C/C=C\C/C=C\C/C=C\C/C=C\C/C=C\C/C=C\C/C=C\CCCCCCCCCCC(=O)OCC(COC(=O)CCCCCCCCCC)OC(=O)CCCCCCC/C=C\CCCCCCC. The lowest BCUT2D eigenvalue weighted by atomic mass is 10.1. The third-order valence-corrected chi connectivity index (χ3v) is 12.8. The van der Waals surface area contributed by atoms with Crippen LogP contribution in [0.1, 0.15) is 278 Å². The van der Waals surface area contributed by atoms with E-state index in [2.05, 4.69) is 130 Å². The van der Waals surface area contributed by atoms with Gasteiger partial charge in [-0.2, -0.15) is 0 Å². The van der Waals surface area contributed by atoms with Crippen LogP contribution in [0.3, 0.4) is 0 Å². The van der Waals surface area contributed by atoms with E-state index in [-0.39, 0.29) is 31.1 Å². The molecule has 0 N–H and O–H groups in total. The monoisotopic (exact) mass is 1010 g/mol. The second kappa shape index (κ2) is 60.6. The van der Waals surface area contributed by atoms with Gasteiger partial charge in [0.1, 0.15) is 13.2 Å². The fraction of sp³-hybridized carbons (Fsp3) is 0.687. The first-order valence-corrected chi connectivity index (χ1v) is 30.4. The van der Waals surface area contributed by atoms with Gasteiger partial charge in [-0.05, 0) is 109 Å². The number of rotatable bonds is 54. The lowest BCUT2D eigenvalue weighted by Gasteiger charge is -2.18. The number of ether oxygens (including phenoxy) is 3. The molecule has 0 saturated heterocycles. The highest BCUT2D eigenvalue weighted by molar-refractivity contribution is 5.71. The standard InChI is InChI=1S/C67H112O6/c1-4-7-10-13-16-19-21-23-25-26-27-28-29-30-31-32-33-34-35-36-37-38-39-40-41-42-43-45-46-48-51-54-57-60-66(69)72-63-64(62-71-65(68)59-56-53-50-18-15-12-9-6-3)73-67(70)61-58-55-52-49-47-44-24-22-20-17-14-11-8-5-2/h7,10,16,19,22-25,27-28,30-31,33-34,36-37,39-40,64H,4-6,8-9,11-15,17-18,20-21,26,29,32,35,38,41-63H2,1-3H3/b10-7-,19-16-,24-22-,25-23-,28-27-,31-30-,34-33-,37-36-,40-39-. The summed E-state index contributed by atoms with van der Waals surface area (Å²) in [6, 6.07) is 0. The minimum atomic E-state index is -0.783. The van der Waals surface area contributed by atoms with Crippen molar-refractivity contribution < 1.29 is 28.6 Å². The molecular weight excluding hydrogens is 901 g/mol. The van der Waals surface area contributed by atoms with Gasteiger partial charge in [0.05, 0.1) is 0 Å². The highest BCUT2D eigenvalue weighted by Crippen LogP contribution is 2.15. The Balaban J connectivity index is 4.16. The normalized spacial score (nSPS) is 12.9. The van der Waals surface area contributed by atoms with Crippen molar-refractivity contribution in [1.29, 1.82) is 0 Å².